The zero-order chi connectivity index (χ0) is 15.8. The van der Waals surface area contributed by atoms with Gasteiger partial charge in [-0.3, -0.25) is 4.79 Å². The first kappa shape index (κ1) is 15.3. The van der Waals surface area contributed by atoms with Gasteiger partial charge in [0.15, 0.2) is 5.69 Å². The van der Waals surface area contributed by atoms with Crippen molar-refractivity contribution < 1.29 is 9.32 Å². The molecule has 0 bridgehead atoms. The van der Waals surface area contributed by atoms with Crippen LogP contribution in [0.3, 0.4) is 0 Å². The fraction of sp³-hybridized carbons (Fsp3) is 0.533. The highest BCUT2D eigenvalue weighted by atomic mass is 16.5. The second-order valence-electron chi connectivity index (χ2n) is 7.09. The molecule has 2 aromatic heterocycles. The molecule has 0 fully saturated rings. The number of nitrogens with zero attached hydrogens (tertiary/aromatic N) is 3. The van der Waals surface area contributed by atoms with Gasteiger partial charge in [-0.2, -0.15) is 5.10 Å². The number of anilines is 1. The van der Waals surface area contributed by atoms with Gasteiger partial charge >= 0.3 is 0 Å². The molecule has 2 rings (SSSR count). The number of hydrogen-bond donors (Lipinski definition) is 1. The van der Waals surface area contributed by atoms with Crippen LogP contribution in [0.15, 0.2) is 22.9 Å². The van der Waals surface area contributed by atoms with Crippen LogP contribution >= 0.6 is 0 Å². The molecule has 6 heteroatoms. The van der Waals surface area contributed by atoms with Gasteiger partial charge in [0, 0.05) is 17.5 Å². The standard InChI is InChI=1S/C15H22N4O2/c1-14(2,3)11-9-12(19(17-11)15(4,5)6)16-13(20)10-7-8-21-18-10/h7-9H,1-6H3,(H,16,20). The average molecular weight is 290 g/mol. The number of nitrogens with one attached hydrogen (secondary N) is 1. The van der Waals surface area contributed by atoms with Crippen LogP contribution < -0.4 is 5.32 Å². The molecule has 2 heterocycles. The quantitative estimate of drug-likeness (QED) is 0.922. The molecule has 0 unspecified atom stereocenters. The largest absolute Gasteiger partial charge is 0.364 e. The second-order valence-corrected chi connectivity index (χ2v) is 7.09. The number of amides is 1. The lowest BCUT2D eigenvalue weighted by atomic mass is 9.92. The SMILES string of the molecule is CC(C)(C)c1cc(NC(=O)c2ccon2)n(C(C)(C)C)n1. The molecule has 0 aromatic carbocycles. The second kappa shape index (κ2) is 5.02. The van der Waals surface area contributed by atoms with E-state index in [-0.39, 0.29) is 22.6 Å². The van der Waals surface area contributed by atoms with E-state index in [4.69, 9.17) is 4.52 Å². The molecule has 1 amide bonds. The summed E-state index contributed by atoms with van der Waals surface area (Å²) in [4.78, 5) is 12.1. The van der Waals surface area contributed by atoms with Gasteiger partial charge < -0.3 is 9.84 Å². The van der Waals surface area contributed by atoms with Crippen molar-refractivity contribution in [1.82, 2.24) is 14.9 Å². The lowest BCUT2D eigenvalue weighted by Gasteiger charge is -2.22. The first-order valence-corrected chi connectivity index (χ1v) is 6.92. The molecule has 0 atom stereocenters. The number of hydrogen-bond acceptors (Lipinski definition) is 4. The molecular formula is C15H22N4O2. The molecule has 0 spiro atoms. The highest BCUT2D eigenvalue weighted by Crippen LogP contribution is 2.28. The molecule has 0 radical (unpaired) electrons. The molecule has 1 N–H and O–H groups in total. The number of rotatable bonds is 2. The zero-order valence-electron chi connectivity index (χ0n) is 13.4. The summed E-state index contributed by atoms with van der Waals surface area (Å²) in [7, 11) is 0. The van der Waals surface area contributed by atoms with E-state index in [1.54, 1.807) is 0 Å². The van der Waals surface area contributed by atoms with E-state index in [0.29, 0.717) is 5.82 Å². The third-order valence-electron chi connectivity index (χ3n) is 3.03. The van der Waals surface area contributed by atoms with Gasteiger partial charge in [-0.25, -0.2) is 4.68 Å². The van der Waals surface area contributed by atoms with Crippen molar-refractivity contribution in [3.05, 3.63) is 29.8 Å². The Morgan fingerprint density at radius 3 is 2.38 bits per heavy atom. The van der Waals surface area contributed by atoms with Crippen molar-refractivity contribution in [3.8, 4) is 0 Å². The van der Waals surface area contributed by atoms with Crippen LogP contribution in [0.2, 0.25) is 0 Å². The van der Waals surface area contributed by atoms with Crippen LogP contribution in [-0.4, -0.2) is 20.8 Å². The molecular weight excluding hydrogens is 268 g/mol. The third kappa shape index (κ3) is 3.32. The minimum Gasteiger partial charge on any atom is -0.364 e. The van der Waals surface area contributed by atoms with Gasteiger partial charge in [0.25, 0.3) is 5.91 Å². The van der Waals surface area contributed by atoms with Crippen LogP contribution in [-0.2, 0) is 11.0 Å². The summed E-state index contributed by atoms with van der Waals surface area (Å²) in [6.07, 6.45) is 1.37. The van der Waals surface area contributed by atoms with Crippen molar-refractivity contribution >= 4 is 11.7 Å². The van der Waals surface area contributed by atoms with E-state index in [9.17, 15) is 4.79 Å². The molecule has 0 aliphatic rings. The molecule has 0 aliphatic carbocycles. The van der Waals surface area contributed by atoms with Crippen LogP contribution in [0, 0.1) is 0 Å². The predicted octanol–water partition coefficient (Wildman–Crippen LogP) is 3.18. The topological polar surface area (TPSA) is 73.0 Å². The minimum absolute atomic E-state index is 0.0934. The van der Waals surface area contributed by atoms with E-state index in [2.05, 4.69) is 36.3 Å². The average Bonchev–Trinajstić information content (AvgIpc) is 2.94. The maximum absolute atomic E-state index is 12.1. The van der Waals surface area contributed by atoms with Gasteiger partial charge in [0.1, 0.15) is 12.1 Å². The van der Waals surface area contributed by atoms with E-state index in [1.165, 1.54) is 12.3 Å². The Morgan fingerprint density at radius 2 is 1.90 bits per heavy atom. The normalized spacial score (nSPS) is 12.5. The van der Waals surface area contributed by atoms with Crippen molar-refractivity contribution in [2.24, 2.45) is 0 Å². The maximum atomic E-state index is 12.1. The Hall–Kier alpha value is -2.11. The molecule has 21 heavy (non-hydrogen) atoms. The molecule has 6 nitrogen and oxygen atoms in total. The smallest absolute Gasteiger partial charge is 0.278 e. The van der Waals surface area contributed by atoms with Crippen molar-refractivity contribution in [2.75, 3.05) is 5.32 Å². The molecule has 0 saturated carbocycles. The zero-order valence-corrected chi connectivity index (χ0v) is 13.4. The predicted molar refractivity (Wildman–Crippen MR) is 80.4 cm³/mol. The van der Waals surface area contributed by atoms with Gasteiger partial charge in [-0.05, 0) is 20.8 Å². The number of aromatic nitrogens is 3. The van der Waals surface area contributed by atoms with Crippen LogP contribution in [0.25, 0.3) is 0 Å². The summed E-state index contributed by atoms with van der Waals surface area (Å²) in [5.41, 5.74) is 0.835. The van der Waals surface area contributed by atoms with Gasteiger partial charge in [0.2, 0.25) is 0 Å². The number of carbonyl (C=O) groups is 1. The van der Waals surface area contributed by atoms with E-state index in [1.807, 2.05) is 31.5 Å². The first-order valence-electron chi connectivity index (χ1n) is 6.92. The Kier molecular flexibility index (Phi) is 3.65. The monoisotopic (exact) mass is 290 g/mol. The lowest BCUT2D eigenvalue weighted by Crippen LogP contribution is -2.27. The highest BCUT2D eigenvalue weighted by Gasteiger charge is 2.26. The first-order chi connectivity index (χ1) is 9.59. The summed E-state index contributed by atoms with van der Waals surface area (Å²) in [6, 6.07) is 3.43. The molecule has 0 aliphatic heterocycles. The Bertz CT molecular complexity index is 628. The summed E-state index contributed by atoms with van der Waals surface area (Å²) in [5.74, 6) is 0.343. The van der Waals surface area contributed by atoms with Gasteiger partial charge in [-0.15, -0.1) is 0 Å². The van der Waals surface area contributed by atoms with Crippen molar-refractivity contribution in [1.29, 1.82) is 0 Å². The summed E-state index contributed by atoms with van der Waals surface area (Å²) in [5, 5.41) is 11.1. The Labute approximate surface area is 124 Å². The van der Waals surface area contributed by atoms with E-state index >= 15 is 0 Å². The summed E-state index contributed by atoms with van der Waals surface area (Å²) in [6.45, 7) is 12.4. The Morgan fingerprint density at radius 1 is 1.24 bits per heavy atom. The van der Waals surface area contributed by atoms with Crippen LogP contribution in [0.4, 0.5) is 5.82 Å². The fourth-order valence-corrected chi connectivity index (χ4v) is 1.86. The summed E-state index contributed by atoms with van der Waals surface area (Å²) >= 11 is 0. The Balaban J connectivity index is 2.38. The van der Waals surface area contributed by atoms with Crippen LogP contribution in [0.5, 0.6) is 0 Å². The maximum Gasteiger partial charge on any atom is 0.278 e. The van der Waals surface area contributed by atoms with E-state index in [0.717, 1.165) is 5.69 Å². The van der Waals surface area contributed by atoms with Gasteiger partial charge in [0.05, 0.1) is 11.2 Å². The van der Waals surface area contributed by atoms with Gasteiger partial charge in [-0.1, -0.05) is 25.9 Å². The fourth-order valence-electron chi connectivity index (χ4n) is 1.86. The van der Waals surface area contributed by atoms with Crippen molar-refractivity contribution in [3.63, 3.8) is 0 Å². The third-order valence-corrected chi connectivity index (χ3v) is 3.03. The van der Waals surface area contributed by atoms with Crippen molar-refractivity contribution in [2.45, 2.75) is 52.5 Å². The highest BCUT2D eigenvalue weighted by molar-refractivity contribution is 6.02. The number of carbonyl (C=O) groups excluding carboxylic acids is 1. The molecule has 114 valence electrons. The minimum atomic E-state index is -0.311. The lowest BCUT2D eigenvalue weighted by molar-refractivity contribution is 0.101. The van der Waals surface area contributed by atoms with E-state index < -0.39 is 0 Å². The molecule has 2 aromatic rings. The molecule has 0 saturated heterocycles. The summed E-state index contributed by atoms with van der Waals surface area (Å²) < 4.78 is 6.52. The van der Waals surface area contributed by atoms with Crippen LogP contribution in [0.1, 0.15) is 57.7 Å².